The number of aliphatic hydroxyl groups excluding tert-OH is 1. The monoisotopic (exact) mass is 354 g/mol. The van der Waals surface area contributed by atoms with Crippen LogP contribution in [0.5, 0.6) is 0 Å². The maximum Gasteiger partial charge on any atom is 0.104 e. The van der Waals surface area contributed by atoms with Crippen molar-refractivity contribution in [1.82, 2.24) is 0 Å². The molecule has 1 aliphatic heterocycles. The lowest BCUT2D eigenvalue weighted by atomic mass is 9.56. The Labute approximate surface area is 155 Å². The average Bonchev–Trinajstić information content (AvgIpc) is 3.38. The van der Waals surface area contributed by atoms with Crippen LogP contribution in [0.25, 0.3) is 0 Å². The molecular weight excluding hydrogens is 312 g/mol. The summed E-state index contributed by atoms with van der Waals surface area (Å²) >= 11 is 0. The molecule has 4 aliphatic carbocycles. The van der Waals surface area contributed by atoms with Gasteiger partial charge in [0.1, 0.15) is 6.10 Å². The molecule has 0 aromatic heterocycles. The highest BCUT2D eigenvalue weighted by Gasteiger charge is 2.41. The van der Waals surface area contributed by atoms with Gasteiger partial charge in [-0.25, -0.2) is 0 Å². The summed E-state index contributed by atoms with van der Waals surface area (Å²) in [6.45, 7) is 8.68. The summed E-state index contributed by atoms with van der Waals surface area (Å²) in [4.78, 5) is 0. The molecule has 0 radical (unpaired) electrons. The van der Waals surface area contributed by atoms with Crippen LogP contribution in [0.2, 0.25) is 0 Å². The van der Waals surface area contributed by atoms with E-state index in [0.717, 1.165) is 45.5 Å². The van der Waals surface area contributed by atoms with Crippen molar-refractivity contribution in [2.24, 2.45) is 23.7 Å². The van der Waals surface area contributed by atoms with E-state index in [-0.39, 0.29) is 6.10 Å². The normalized spacial score (nSPS) is 34.2. The Balaban J connectivity index is 0.000000139. The fraction of sp³-hybridized carbons (Fsp3) is 1.00. The molecule has 148 valence electrons. The van der Waals surface area contributed by atoms with Gasteiger partial charge in [-0.15, -0.1) is 0 Å². The zero-order valence-corrected chi connectivity index (χ0v) is 16.9. The van der Waals surface area contributed by atoms with E-state index in [2.05, 4.69) is 13.8 Å². The van der Waals surface area contributed by atoms with Crippen LogP contribution >= 0.6 is 0 Å². The van der Waals surface area contributed by atoms with Crippen molar-refractivity contribution in [3.05, 3.63) is 0 Å². The first-order chi connectivity index (χ1) is 12.1. The first kappa shape index (κ1) is 21.2. The van der Waals surface area contributed by atoms with Crippen LogP contribution in [-0.4, -0.2) is 37.1 Å². The molecule has 1 N–H and O–H groups in total. The third-order valence-corrected chi connectivity index (χ3v) is 6.15. The third-order valence-electron chi connectivity index (χ3n) is 6.15. The molecule has 1 heterocycles. The summed E-state index contributed by atoms with van der Waals surface area (Å²) in [5, 5.41) is 9.05. The Morgan fingerprint density at radius 3 is 1.52 bits per heavy atom. The predicted molar refractivity (Wildman–Crippen MR) is 104 cm³/mol. The van der Waals surface area contributed by atoms with Crippen LogP contribution in [0.3, 0.4) is 0 Å². The van der Waals surface area contributed by atoms with Gasteiger partial charge >= 0.3 is 0 Å². The molecule has 3 nitrogen and oxygen atoms in total. The SMILES string of the molecule is C1C2CC3CC1CC(C2)C3.CCCC(O)CCC.CCOCC1CO1. The van der Waals surface area contributed by atoms with Gasteiger partial charge in [-0.1, -0.05) is 26.7 Å². The second-order valence-electron chi connectivity index (χ2n) is 8.72. The molecule has 3 heteroatoms. The average molecular weight is 355 g/mol. The van der Waals surface area contributed by atoms with Gasteiger partial charge in [0.2, 0.25) is 0 Å². The minimum atomic E-state index is -0.0370. The first-order valence-electron chi connectivity index (χ1n) is 11.0. The topological polar surface area (TPSA) is 42.0 Å². The van der Waals surface area contributed by atoms with E-state index in [4.69, 9.17) is 14.6 Å². The molecule has 1 atom stereocenters. The smallest absolute Gasteiger partial charge is 0.104 e. The highest BCUT2D eigenvalue weighted by molar-refractivity contribution is 4.92. The standard InChI is InChI=1S/C10H16.C7H16O.C5H10O2/c1-7-2-9-4-8(1)5-10(3-7)6-9;1-3-5-7(8)6-4-2;1-2-6-3-5-4-7-5/h7-10H,1-6H2;7-8H,3-6H2,1-2H3;5H,2-4H2,1H3. The van der Waals surface area contributed by atoms with Crippen LogP contribution < -0.4 is 0 Å². The largest absolute Gasteiger partial charge is 0.393 e. The molecule has 4 bridgehead atoms. The van der Waals surface area contributed by atoms with Crippen LogP contribution in [-0.2, 0) is 9.47 Å². The quantitative estimate of drug-likeness (QED) is 0.639. The van der Waals surface area contributed by atoms with Crippen molar-refractivity contribution in [2.75, 3.05) is 19.8 Å². The second-order valence-corrected chi connectivity index (χ2v) is 8.72. The van der Waals surface area contributed by atoms with Crippen molar-refractivity contribution in [2.45, 2.75) is 97.2 Å². The summed E-state index contributed by atoms with van der Waals surface area (Å²) in [6.07, 6.45) is 14.1. The van der Waals surface area contributed by atoms with Crippen LogP contribution in [0.1, 0.15) is 85.0 Å². The van der Waals surface area contributed by atoms with E-state index in [0.29, 0.717) is 6.10 Å². The molecular formula is C22H42O3. The van der Waals surface area contributed by atoms with Gasteiger partial charge in [0, 0.05) is 6.61 Å². The Bertz CT molecular complexity index is 278. The van der Waals surface area contributed by atoms with Crippen molar-refractivity contribution >= 4 is 0 Å². The first-order valence-corrected chi connectivity index (χ1v) is 11.0. The Morgan fingerprint density at radius 2 is 1.24 bits per heavy atom. The lowest BCUT2D eigenvalue weighted by Gasteiger charge is -2.49. The van der Waals surface area contributed by atoms with Gasteiger partial charge in [0.05, 0.1) is 19.3 Å². The molecule has 5 aliphatic rings. The van der Waals surface area contributed by atoms with Gasteiger partial charge in [-0.05, 0) is 82.0 Å². The second kappa shape index (κ2) is 11.6. The van der Waals surface area contributed by atoms with Gasteiger partial charge in [-0.2, -0.15) is 0 Å². The zero-order chi connectivity index (χ0) is 18.1. The predicted octanol–water partition coefficient (Wildman–Crippen LogP) is 5.20. The fourth-order valence-corrected chi connectivity index (χ4v) is 5.21. The third kappa shape index (κ3) is 8.41. The van der Waals surface area contributed by atoms with Crippen molar-refractivity contribution in [1.29, 1.82) is 0 Å². The maximum absolute atomic E-state index is 9.05. The number of epoxide rings is 1. The van der Waals surface area contributed by atoms with E-state index in [9.17, 15) is 0 Å². The summed E-state index contributed by atoms with van der Waals surface area (Å²) in [6, 6.07) is 0. The number of aliphatic hydroxyl groups is 1. The summed E-state index contributed by atoms with van der Waals surface area (Å²) in [5.41, 5.74) is 0. The van der Waals surface area contributed by atoms with E-state index < -0.39 is 0 Å². The molecule has 1 saturated heterocycles. The Hall–Kier alpha value is -0.120. The number of hydrogen-bond acceptors (Lipinski definition) is 3. The Kier molecular flexibility index (Phi) is 9.80. The van der Waals surface area contributed by atoms with Crippen molar-refractivity contribution < 1.29 is 14.6 Å². The van der Waals surface area contributed by atoms with Gasteiger partial charge in [0.15, 0.2) is 0 Å². The van der Waals surface area contributed by atoms with E-state index >= 15 is 0 Å². The van der Waals surface area contributed by atoms with Crippen molar-refractivity contribution in [3.8, 4) is 0 Å². The lowest BCUT2D eigenvalue weighted by Crippen LogP contribution is -2.38. The molecule has 0 spiro atoms. The van der Waals surface area contributed by atoms with Gasteiger partial charge in [-0.3, -0.25) is 0 Å². The molecule has 5 fully saturated rings. The van der Waals surface area contributed by atoms with Crippen molar-refractivity contribution in [3.63, 3.8) is 0 Å². The molecule has 1 unspecified atom stereocenters. The van der Waals surface area contributed by atoms with E-state index in [1.807, 2.05) is 6.92 Å². The molecule has 0 aromatic rings. The summed E-state index contributed by atoms with van der Waals surface area (Å²) in [7, 11) is 0. The van der Waals surface area contributed by atoms with Gasteiger partial charge in [0.25, 0.3) is 0 Å². The molecule has 4 saturated carbocycles. The molecule has 5 rings (SSSR count). The van der Waals surface area contributed by atoms with Gasteiger partial charge < -0.3 is 14.6 Å². The molecule has 0 aromatic carbocycles. The summed E-state index contributed by atoms with van der Waals surface area (Å²) < 4.78 is 9.92. The van der Waals surface area contributed by atoms with Crippen LogP contribution in [0, 0.1) is 23.7 Å². The number of rotatable bonds is 7. The highest BCUT2D eigenvalue weighted by atomic mass is 16.6. The number of hydrogen-bond donors (Lipinski definition) is 1. The molecule has 25 heavy (non-hydrogen) atoms. The number of ether oxygens (including phenoxy) is 2. The van der Waals surface area contributed by atoms with E-state index in [1.54, 1.807) is 38.5 Å². The minimum Gasteiger partial charge on any atom is -0.393 e. The highest BCUT2D eigenvalue weighted by Crippen LogP contribution is 2.53. The molecule has 0 amide bonds. The fourth-order valence-electron chi connectivity index (χ4n) is 5.21. The van der Waals surface area contributed by atoms with Crippen LogP contribution in [0.4, 0.5) is 0 Å². The minimum absolute atomic E-state index is 0.0370. The Morgan fingerprint density at radius 1 is 0.840 bits per heavy atom. The van der Waals surface area contributed by atoms with Crippen LogP contribution in [0.15, 0.2) is 0 Å². The summed E-state index contributed by atoms with van der Waals surface area (Å²) in [5.74, 6) is 4.71. The maximum atomic E-state index is 9.05. The van der Waals surface area contributed by atoms with E-state index in [1.165, 1.54) is 23.7 Å². The lowest BCUT2D eigenvalue weighted by molar-refractivity contribution is 0.0198. The zero-order valence-electron chi connectivity index (χ0n) is 16.9.